The monoisotopic (exact) mass is 385 g/mol. The molecule has 1 aromatic carbocycles. The summed E-state index contributed by atoms with van der Waals surface area (Å²) in [5.74, 6) is -0.973. The van der Waals surface area contributed by atoms with Crippen LogP contribution in [0.4, 0.5) is 8.78 Å². The summed E-state index contributed by atoms with van der Waals surface area (Å²) in [5.41, 5.74) is 9.61. The van der Waals surface area contributed by atoms with E-state index in [0.717, 1.165) is 48.5 Å². The molecule has 6 nitrogen and oxygen atoms in total. The van der Waals surface area contributed by atoms with Gasteiger partial charge in [0.1, 0.15) is 17.7 Å². The molecule has 0 amide bonds. The van der Waals surface area contributed by atoms with Gasteiger partial charge in [-0.3, -0.25) is 4.90 Å². The third kappa shape index (κ3) is 2.97. The molecule has 4 heterocycles. The van der Waals surface area contributed by atoms with Crippen molar-refractivity contribution in [3.05, 3.63) is 65.1 Å². The van der Waals surface area contributed by atoms with Crippen LogP contribution in [-0.4, -0.2) is 44.7 Å². The number of fused-ring (bicyclic) bond motifs is 3. The van der Waals surface area contributed by atoms with Gasteiger partial charge in [-0.2, -0.15) is 5.10 Å². The first-order chi connectivity index (χ1) is 13.6. The topological polar surface area (TPSA) is 68.7 Å². The average molecular weight is 385 g/mol. The largest absolute Gasteiger partial charge is 0.370 e. The Balaban J connectivity index is 1.33. The highest BCUT2D eigenvalue weighted by Crippen LogP contribution is 2.33. The Bertz CT molecular complexity index is 1020. The maximum absolute atomic E-state index is 14.1. The first-order valence-electron chi connectivity index (χ1n) is 9.47. The maximum Gasteiger partial charge on any atom is 0.159 e. The van der Waals surface area contributed by atoms with Gasteiger partial charge in [-0.1, -0.05) is 0 Å². The zero-order chi connectivity index (χ0) is 19.3. The number of aromatic nitrogens is 3. The van der Waals surface area contributed by atoms with Crippen LogP contribution in [0.2, 0.25) is 0 Å². The molecule has 2 aromatic heterocycles. The van der Waals surface area contributed by atoms with Crippen LogP contribution < -0.4 is 5.73 Å². The van der Waals surface area contributed by atoms with Crippen LogP contribution in [0, 0.1) is 11.6 Å². The molecule has 0 saturated carbocycles. The SMILES string of the molecule is N[C@H]1C[C@@H](N2CCc3nn4cccnc4c3C2)CO[C@@H]1c1cc(F)ccc1F. The van der Waals surface area contributed by atoms with Crippen molar-refractivity contribution in [2.24, 2.45) is 5.73 Å². The van der Waals surface area contributed by atoms with Crippen molar-refractivity contribution in [3.8, 4) is 0 Å². The summed E-state index contributed by atoms with van der Waals surface area (Å²) in [6.07, 6.45) is 4.54. The van der Waals surface area contributed by atoms with E-state index in [1.807, 2.05) is 16.8 Å². The lowest BCUT2D eigenvalue weighted by Gasteiger charge is -2.41. The van der Waals surface area contributed by atoms with Crippen molar-refractivity contribution < 1.29 is 13.5 Å². The quantitative estimate of drug-likeness (QED) is 0.733. The van der Waals surface area contributed by atoms with Crippen LogP contribution in [0.1, 0.15) is 29.3 Å². The smallest absolute Gasteiger partial charge is 0.159 e. The van der Waals surface area contributed by atoms with E-state index in [0.29, 0.717) is 13.0 Å². The van der Waals surface area contributed by atoms with Gasteiger partial charge in [0.15, 0.2) is 5.65 Å². The molecule has 2 aliphatic rings. The molecular formula is C20H21F2N5O. The van der Waals surface area contributed by atoms with E-state index in [2.05, 4.69) is 15.0 Å². The first-order valence-corrected chi connectivity index (χ1v) is 9.47. The summed E-state index contributed by atoms with van der Waals surface area (Å²) in [7, 11) is 0. The standard InChI is InChI=1S/C20H21F2N5O/c21-12-2-3-16(22)14(8-12)19-17(23)9-13(11-28-19)26-7-4-18-15(10-26)20-24-5-1-6-27(20)25-18/h1-3,5-6,8,13,17,19H,4,7,9-11,23H2/t13-,17+,19-/m1/s1. The molecular weight excluding hydrogens is 364 g/mol. The average Bonchev–Trinajstić information content (AvgIpc) is 3.08. The van der Waals surface area contributed by atoms with E-state index in [-0.39, 0.29) is 11.6 Å². The highest BCUT2D eigenvalue weighted by molar-refractivity contribution is 5.50. The summed E-state index contributed by atoms with van der Waals surface area (Å²) in [6, 6.07) is 4.98. The number of halogens is 2. The Morgan fingerprint density at radius 2 is 2.14 bits per heavy atom. The fourth-order valence-electron chi connectivity index (χ4n) is 4.34. The number of hydrogen-bond acceptors (Lipinski definition) is 5. The van der Waals surface area contributed by atoms with E-state index < -0.39 is 23.8 Å². The molecule has 0 aliphatic carbocycles. The lowest BCUT2D eigenvalue weighted by Crippen LogP contribution is -2.50. The normalized spacial score (nSPS) is 25.8. The van der Waals surface area contributed by atoms with Crippen LogP contribution >= 0.6 is 0 Å². The van der Waals surface area contributed by atoms with E-state index in [9.17, 15) is 8.78 Å². The Labute approximate surface area is 160 Å². The molecule has 3 atom stereocenters. The second kappa shape index (κ2) is 6.88. The van der Waals surface area contributed by atoms with Gasteiger partial charge in [0.2, 0.25) is 0 Å². The molecule has 3 aromatic rings. The van der Waals surface area contributed by atoms with E-state index in [4.69, 9.17) is 10.5 Å². The van der Waals surface area contributed by atoms with Gasteiger partial charge in [0.25, 0.3) is 0 Å². The molecule has 0 bridgehead atoms. The molecule has 1 saturated heterocycles. The van der Waals surface area contributed by atoms with Gasteiger partial charge in [-0.15, -0.1) is 0 Å². The van der Waals surface area contributed by atoms with Crippen LogP contribution in [0.25, 0.3) is 5.65 Å². The van der Waals surface area contributed by atoms with E-state index in [1.54, 1.807) is 6.20 Å². The van der Waals surface area contributed by atoms with Crippen molar-refractivity contribution in [1.29, 1.82) is 0 Å². The second-order valence-electron chi connectivity index (χ2n) is 7.51. The summed E-state index contributed by atoms with van der Waals surface area (Å²) in [4.78, 5) is 6.79. The number of rotatable bonds is 2. The Hall–Kier alpha value is -2.42. The van der Waals surface area contributed by atoms with E-state index >= 15 is 0 Å². The molecule has 2 N–H and O–H groups in total. The third-order valence-corrected chi connectivity index (χ3v) is 5.75. The predicted molar refractivity (Wildman–Crippen MR) is 98.5 cm³/mol. The predicted octanol–water partition coefficient (Wildman–Crippen LogP) is 2.22. The van der Waals surface area contributed by atoms with Gasteiger partial charge in [0.05, 0.1) is 12.3 Å². The minimum absolute atomic E-state index is 0.120. The second-order valence-corrected chi connectivity index (χ2v) is 7.51. The number of hydrogen-bond donors (Lipinski definition) is 1. The van der Waals surface area contributed by atoms with Gasteiger partial charge < -0.3 is 10.5 Å². The molecule has 2 aliphatic heterocycles. The molecule has 0 unspecified atom stereocenters. The van der Waals surface area contributed by atoms with Gasteiger partial charge >= 0.3 is 0 Å². The minimum Gasteiger partial charge on any atom is -0.370 e. The molecule has 146 valence electrons. The first kappa shape index (κ1) is 17.7. The summed E-state index contributed by atoms with van der Waals surface area (Å²) < 4.78 is 35.4. The fourth-order valence-corrected chi connectivity index (χ4v) is 4.34. The molecule has 1 fully saturated rings. The Morgan fingerprint density at radius 1 is 1.25 bits per heavy atom. The minimum atomic E-state index is -0.633. The maximum atomic E-state index is 14.1. The molecule has 28 heavy (non-hydrogen) atoms. The van der Waals surface area contributed by atoms with Crippen LogP contribution in [0.15, 0.2) is 36.7 Å². The number of ether oxygens (including phenoxy) is 1. The number of nitrogens with zero attached hydrogens (tertiary/aromatic N) is 4. The zero-order valence-electron chi connectivity index (χ0n) is 15.3. The van der Waals surface area contributed by atoms with E-state index in [1.165, 1.54) is 6.07 Å². The molecule has 0 spiro atoms. The summed E-state index contributed by atoms with van der Waals surface area (Å²) >= 11 is 0. The van der Waals surface area contributed by atoms with Crippen LogP contribution in [0.3, 0.4) is 0 Å². The molecule has 0 radical (unpaired) electrons. The lowest BCUT2D eigenvalue weighted by molar-refractivity contribution is -0.0547. The molecule has 8 heteroatoms. The fraction of sp³-hybridized carbons (Fsp3) is 0.400. The van der Waals surface area contributed by atoms with Crippen molar-refractivity contribution in [1.82, 2.24) is 19.5 Å². The Kier molecular flexibility index (Phi) is 4.34. The summed E-state index contributed by atoms with van der Waals surface area (Å²) in [5, 5.41) is 4.61. The van der Waals surface area contributed by atoms with Crippen molar-refractivity contribution in [2.75, 3.05) is 13.2 Å². The summed E-state index contributed by atoms with van der Waals surface area (Å²) in [6.45, 7) is 2.02. The van der Waals surface area contributed by atoms with Gasteiger partial charge in [0, 0.05) is 55.1 Å². The van der Waals surface area contributed by atoms with Gasteiger partial charge in [-0.25, -0.2) is 18.3 Å². The highest BCUT2D eigenvalue weighted by atomic mass is 19.1. The van der Waals surface area contributed by atoms with Gasteiger partial charge in [-0.05, 0) is 30.7 Å². The molecule has 5 rings (SSSR count). The number of benzene rings is 1. The van der Waals surface area contributed by atoms with Crippen molar-refractivity contribution in [2.45, 2.75) is 37.6 Å². The Morgan fingerprint density at radius 3 is 3.00 bits per heavy atom. The number of nitrogens with two attached hydrogens (primary N) is 1. The lowest BCUT2D eigenvalue weighted by atomic mass is 9.92. The van der Waals surface area contributed by atoms with Crippen molar-refractivity contribution >= 4 is 5.65 Å². The third-order valence-electron chi connectivity index (χ3n) is 5.75. The van der Waals surface area contributed by atoms with Crippen LogP contribution in [0.5, 0.6) is 0 Å². The highest BCUT2D eigenvalue weighted by Gasteiger charge is 2.36. The zero-order valence-corrected chi connectivity index (χ0v) is 15.3. The van der Waals surface area contributed by atoms with Crippen LogP contribution in [-0.2, 0) is 17.7 Å². The van der Waals surface area contributed by atoms with Crippen molar-refractivity contribution in [3.63, 3.8) is 0 Å².